The van der Waals surface area contributed by atoms with E-state index in [2.05, 4.69) is 76.0 Å². The molecule has 2 aromatic rings. The van der Waals surface area contributed by atoms with E-state index in [0.29, 0.717) is 6.04 Å². The molecule has 3 heteroatoms. The van der Waals surface area contributed by atoms with E-state index in [0.717, 1.165) is 25.4 Å². The summed E-state index contributed by atoms with van der Waals surface area (Å²) in [4.78, 5) is 2.60. The SMILES string of the molecule is Cc1cc(C)c(CCC(CCc2c(C)cc(C)cc2C)NCC2CCN(CCCN)CC2)c(C)c1. The van der Waals surface area contributed by atoms with Gasteiger partial charge in [0.2, 0.25) is 0 Å². The molecule has 3 N–H and O–H groups in total. The number of likely N-dealkylation sites (tertiary alicyclic amines) is 1. The minimum Gasteiger partial charge on any atom is -0.330 e. The number of piperidine rings is 1. The highest BCUT2D eigenvalue weighted by Crippen LogP contribution is 2.23. The fourth-order valence-electron chi connectivity index (χ4n) is 6.26. The quantitative estimate of drug-likeness (QED) is 0.387. The van der Waals surface area contributed by atoms with Gasteiger partial charge in [0.15, 0.2) is 0 Å². The molecule has 0 atom stereocenters. The zero-order valence-corrected chi connectivity index (χ0v) is 23.5. The number of nitrogens with zero attached hydrogens (tertiary/aromatic N) is 1. The van der Waals surface area contributed by atoms with Crippen molar-refractivity contribution < 1.29 is 0 Å². The minimum atomic E-state index is 0.561. The summed E-state index contributed by atoms with van der Waals surface area (Å²) in [5, 5.41) is 4.05. The molecule has 0 spiro atoms. The number of rotatable bonds is 12. The fraction of sp³-hybridized carbons (Fsp3) is 0.625. The van der Waals surface area contributed by atoms with Crippen molar-refractivity contribution in [2.24, 2.45) is 11.7 Å². The van der Waals surface area contributed by atoms with Crippen LogP contribution >= 0.6 is 0 Å². The maximum Gasteiger partial charge on any atom is 0.00735 e. The van der Waals surface area contributed by atoms with Crippen LogP contribution < -0.4 is 11.1 Å². The lowest BCUT2D eigenvalue weighted by atomic mass is 9.90. The molecule has 3 nitrogen and oxygen atoms in total. The molecule has 1 heterocycles. The first-order valence-electron chi connectivity index (χ1n) is 14.1. The van der Waals surface area contributed by atoms with E-state index in [1.807, 2.05) is 0 Å². The Kier molecular flexibility index (Phi) is 10.8. The van der Waals surface area contributed by atoms with Gasteiger partial charge in [0.1, 0.15) is 0 Å². The Morgan fingerprint density at radius 1 is 0.800 bits per heavy atom. The maximum absolute atomic E-state index is 5.71. The smallest absolute Gasteiger partial charge is 0.00735 e. The number of hydrogen-bond acceptors (Lipinski definition) is 3. The van der Waals surface area contributed by atoms with Crippen LogP contribution in [-0.4, -0.2) is 43.7 Å². The first-order valence-corrected chi connectivity index (χ1v) is 14.1. The van der Waals surface area contributed by atoms with Crippen LogP contribution in [-0.2, 0) is 12.8 Å². The van der Waals surface area contributed by atoms with E-state index in [1.165, 1.54) is 91.5 Å². The molecule has 2 aromatic carbocycles. The highest BCUT2D eigenvalue weighted by Gasteiger charge is 2.20. The summed E-state index contributed by atoms with van der Waals surface area (Å²) in [5.74, 6) is 0.803. The van der Waals surface area contributed by atoms with Crippen LogP contribution in [0.15, 0.2) is 24.3 Å². The number of nitrogens with two attached hydrogens (primary N) is 1. The van der Waals surface area contributed by atoms with Crippen LogP contribution in [0, 0.1) is 47.5 Å². The molecule has 0 radical (unpaired) electrons. The molecule has 1 aliphatic rings. The van der Waals surface area contributed by atoms with Crippen molar-refractivity contribution in [2.45, 2.75) is 92.5 Å². The Labute approximate surface area is 215 Å². The Balaban J connectivity index is 1.62. The highest BCUT2D eigenvalue weighted by atomic mass is 15.1. The second-order valence-corrected chi connectivity index (χ2v) is 11.4. The molecule has 1 aliphatic heterocycles. The zero-order chi connectivity index (χ0) is 25.4. The molecule has 0 saturated carbocycles. The van der Waals surface area contributed by atoms with Gasteiger partial charge in [0.25, 0.3) is 0 Å². The molecule has 3 rings (SSSR count). The van der Waals surface area contributed by atoms with Crippen LogP contribution in [0.2, 0.25) is 0 Å². The molecule has 1 fully saturated rings. The molecule has 35 heavy (non-hydrogen) atoms. The van der Waals surface area contributed by atoms with Gasteiger partial charge in [-0.1, -0.05) is 35.4 Å². The second-order valence-electron chi connectivity index (χ2n) is 11.4. The predicted octanol–water partition coefficient (Wildman–Crippen LogP) is 6.12. The molecule has 0 bridgehead atoms. The van der Waals surface area contributed by atoms with Crippen LogP contribution in [0.4, 0.5) is 0 Å². The van der Waals surface area contributed by atoms with Crippen molar-refractivity contribution in [3.8, 4) is 0 Å². The molecule has 0 unspecified atom stereocenters. The summed E-state index contributed by atoms with van der Waals surface area (Å²) in [5.41, 5.74) is 17.4. The van der Waals surface area contributed by atoms with Crippen molar-refractivity contribution in [1.29, 1.82) is 0 Å². The van der Waals surface area contributed by atoms with Crippen molar-refractivity contribution in [2.75, 3.05) is 32.7 Å². The largest absolute Gasteiger partial charge is 0.330 e. The van der Waals surface area contributed by atoms with Gasteiger partial charge in [-0.2, -0.15) is 0 Å². The summed E-state index contributed by atoms with van der Waals surface area (Å²) in [6.07, 6.45) is 8.51. The van der Waals surface area contributed by atoms with Crippen LogP contribution in [0.1, 0.15) is 76.6 Å². The Morgan fingerprint density at radius 3 is 1.69 bits per heavy atom. The van der Waals surface area contributed by atoms with Crippen molar-refractivity contribution in [3.05, 3.63) is 68.8 Å². The van der Waals surface area contributed by atoms with Gasteiger partial charge in [0, 0.05) is 6.04 Å². The van der Waals surface area contributed by atoms with Crippen molar-refractivity contribution >= 4 is 0 Å². The van der Waals surface area contributed by atoms with E-state index in [-0.39, 0.29) is 0 Å². The number of hydrogen-bond donors (Lipinski definition) is 2. The van der Waals surface area contributed by atoms with Gasteiger partial charge >= 0.3 is 0 Å². The predicted molar refractivity (Wildman–Crippen MR) is 153 cm³/mol. The van der Waals surface area contributed by atoms with E-state index < -0.39 is 0 Å². The highest BCUT2D eigenvalue weighted by molar-refractivity contribution is 5.38. The molecular weight excluding hydrogens is 426 g/mol. The van der Waals surface area contributed by atoms with Crippen molar-refractivity contribution in [1.82, 2.24) is 10.2 Å². The molecule has 0 aromatic heterocycles. The first kappa shape index (κ1) is 27.9. The lowest BCUT2D eigenvalue weighted by molar-refractivity contribution is 0.178. The summed E-state index contributed by atoms with van der Waals surface area (Å²) < 4.78 is 0. The molecule has 0 aliphatic carbocycles. The number of aryl methyl sites for hydroxylation is 6. The fourth-order valence-corrected chi connectivity index (χ4v) is 6.26. The van der Waals surface area contributed by atoms with Gasteiger partial charge in [-0.3, -0.25) is 0 Å². The lowest BCUT2D eigenvalue weighted by Crippen LogP contribution is -2.40. The standard InChI is InChI=1S/C32H51N3/c1-23-18-25(3)31(26(4)19-23)10-8-30(9-11-32-27(5)20-24(2)21-28(32)6)34-22-29-12-16-35(17-13-29)15-7-14-33/h18-21,29-30,34H,7-17,22,33H2,1-6H3. The van der Waals surface area contributed by atoms with Crippen LogP contribution in [0.25, 0.3) is 0 Å². The number of nitrogens with one attached hydrogen (secondary N) is 1. The van der Waals surface area contributed by atoms with Gasteiger partial charge in [0.05, 0.1) is 0 Å². The average Bonchev–Trinajstić information content (AvgIpc) is 2.79. The Bertz CT molecular complexity index is 832. The monoisotopic (exact) mass is 477 g/mol. The normalized spacial score (nSPS) is 15.3. The summed E-state index contributed by atoms with van der Waals surface area (Å²) in [7, 11) is 0. The van der Waals surface area contributed by atoms with Gasteiger partial charge in [-0.05, 0) is 159 Å². The summed E-state index contributed by atoms with van der Waals surface area (Å²) >= 11 is 0. The zero-order valence-electron chi connectivity index (χ0n) is 23.5. The van der Waals surface area contributed by atoms with Crippen LogP contribution in [0.5, 0.6) is 0 Å². The molecular formula is C32H51N3. The lowest BCUT2D eigenvalue weighted by Gasteiger charge is -2.33. The van der Waals surface area contributed by atoms with Crippen LogP contribution in [0.3, 0.4) is 0 Å². The number of benzene rings is 2. The molecule has 1 saturated heterocycles. The van der Waals surface area contributed by atoms with Gasteiger partial charge < -0.3 is 16.0 Å². The molecule has 0 amide bonds. The van der Waals surface area contributed by atoms with Gasteiger partial charge in [-0.15, -0.1) is 0 Å². The summed E-state index contributed by atoms with van der Waals surface area (Å²) in [6, 6.07) is 9.96. The topological polar surface area (TPSA) is 41.3 Å². The third-order valence-electron chi connectivity index (χ3n) is 8.25. The maximum atomic E-state index is 5.71. The Hall–Kier alpha value is -1.68. The first-order chi connectivity index (χ1) is 16.8. The third kappa shape index (κ3) is 8.44. The van der Waals surface area contributed by atoms with Gasteiger partial charge in [-0.25, -0.2) is 0 Å². The average molecular weight is 478 g/mol. The molecule has 194 valence electrons. The van der Waals surface area contributed by atoms with Crippen molar-refractivity contribution in [3.63, 3.8) is 0 Å². The second kappa shape index (κ2) is 13.6. The summed E-state index contributed by atoms with van der Waals surface area (Å²) in [6.45, 7) is 19.2. The minimum absolute atomic E-state index is 0.561. The van der Waals surface area contributed by atoms with E-state index in [4.69, 9.17) is 5.73 Å². The van der Waals surface area contributed by atoms with E-state index >= 15 is 0 Å². The van der Waals surface area contributed by atoms with E-state index in [1.54, 1.807) is 11.1 Å². The Morgan fingerprint density at radius 2 is 1.26 bits per heavy atom. The van der Waals surface area contributed by atoms with E-state index in [9.17, 15) is 0 Å². The third-order valence-corrected chi connectivity index (χ3v) is 8.25.